The van der Waals surface area contributed by atoms with E-state index < -0.39 is 17.5 Å². The van der Waals surface area contributed by atoms with E-state index in [1.807, 2.05) is 0 Å². The Bertz CT molecular complexity index is 985. The van der Waals surface area contributed by atoms with Crippen LogP contribution < -0.4 is 5.32 Å². The Morgan fingerprint density at radius 2 is 1.93 bits per heavy atom. The average Bonchev–Trinajstić information content (AvgIpc) is 3.23. The van der Waals surface area contributed by atoms with Crippen LogP contribution in [0.3, 0.4) is 0 Å². The van der Waals surface area contributed by atoms with E-state index in [1.54, 1.807) is 12.1 Å². The number of rotatable bonds is 5. The van der Waals surface area contributed by atoms with Gasteiger partial charge in [-0.1, -0.05) is 6.07 Å². The zero-order valence-electron chi connectivity index (χ0n) is 13.8. The molecule has 2 amide bonds. The number of carbonyl (C=O) groups is 2. The molecule has 0 saturated heterocycles. The molecule has 3 rings (SSSR count). The van der Waals surface area contributed by atoms with Crippen LogP contribution >= 0.6 is 38.6 Å². The molecule has 0 spiro atoms. The number of amides is 2. The normalized spacial score (nSPS) is 10.7. The van der Waals surface area contributed by atoms with Crippen molar-refractivity contribution >= 4 is 55.5 Å². The molecule has 0 saturated carbocycles. The van der Waals surface area contributed by atoms with Gasteiger partial charge in [-0.05, 0) is 40.2 Å². The number of thiophene rings is 1. The SMILES string of the molecule is CN(CC(=O)Nc1nc(-c2c(F)cccc2F)cs1)C(=O)c1ccc(Br)s1. The largest absolute Gasteiger partial charge is 0.332 e. The van der Waals surface area contributed by atoms with Gasteiger partial charge in [0.1, 0.15) is 11.6 Å². The fraction of sp³-hybridized carbons (Fsp3) is 0.118. The molecule has 0 unspecified atom stereocenters. The molecule has 3 aromatic rings. The number of hydrogen-bond acceptors (Lipinski definition) is 5. The lowest BCUT2D eigenvalue weighted by Gasteiger charge is -2.15. The smallest absolute Gasteiger partial charge is 0.264 e. The van der Waals surface area contributed by atoms with Crippen LogP contribution in [0, 0.1) is 11.6 Å². The molecule has 0 atom stereocenters. The minimum Gasteiger partial charge on any atom is -0.332 e. The van der Waals surface area contributed by atoms with E-state index in [4.69, 9.17) is 0 Å². The van der Waals surface area contributed by atoms with Crippen molar-refractivity contribution in [2.75, 3.05) is 18.9 Å². The van der Waals surface area contributed by atoms with Crippen molar-refractivity contribution in [3.05, 3.63) is 56.0 Å². The Morgan fingerprint density at radius 1 is 1.22 bits per heavy atom. The summed E-state index contributed by atoms with van der Waals surface area (Å²) in [5.74, 6) is -2.21. The highest BCUT2D eigenvalue weighted by Crippen LogP contribution is 2.29. The Hall–Kier alpha value is -2.17. The monoisotopic (exact) mass is 471 g/mol. The summed E-state index contributed by atoms with van der Waals surface area (Å²) in [7, 11) is 1.51. The number of nitrogens with one attached hydrogen (secondary N) is 1. The van der Waals surface area contributed by atoms with E-state index >= 15 is 0 Å². The van der Waals surface area contributed by atoms with Crippen molar-refractivity contribution < 1.29 is 18.4 Å². The minimum atomic E-state index is -0.731. The minimum absolute atomic E-state index is 0.0961. The first kappa shape index (κ1) is 19.6. The van der Waals surface area contributed by atoms with Crippen LogP contribution in [-0.2, 0) is 4.79 Å². The van der Waals surface area contributed by atoms with Gasteiger partial charge >= 0.3 is 0 Å². The average molecular weight is 472 g/mol. The van der Waals surface area contributed by atoms with Gasteiger partial charge < -0.3 is 10.2 Å². The topological polar surface area (TPSA) is 62.3 Å². The lowest BCUT2D eigenvalue weighted by molar-refractivity contribution is -0.116. The van der Waals surface area contributed by atoms with Crippen LogP contribution in [0.25, 0.3) is 11.3 Å². The second kappa shape index (κ2) is 8.24. The third kappa shape index (κ3) is 4.57. The number of carbonyl (C=O) groups excluding carboxylic acids is 2. The summed E-state index contributed by atoms with van der Waals surface area (Å²) in [6.07, 6.45) is 0. The van der Waals surface area contributed by atoms with Gasteiger partial charge in [-0.15, -0.1) is 22.7 Å². The first-order valence-corrected chi connectivity index (χ1v) is 10.0. The van der Waals surface area contributed by atoms with Gasteiger partial charge in [-0.25, -0.2) is 13.8 Å². The predicted molar refractivity (Wildman–Crippen MR) is 105 cm³/mol. The third-order valence-corrected chi connectivity index (χ3v) is 5.85. The van der Waals surface area contributed by atoms with Crippen molar-refractivity contribution in [3.8, 4) is 11.3 Å². The van der Waals surface area contributed by atoms with Crippen LogP contribution in [0.1, 0.15) is 9.67 Å². The summed E-state index contributed by atoms with van der Waals surface area (Å²) in [4.78, 5) is 30.2. The Kier molecular flexibility index (Phi) is 5.98. The summed E-state index contributed by atoms with van der Waals surface area (Å²) in [6.45, 7) is -0.183. The van der Waals surface area contributed by atoms with E-state index in [9.17, 15) is 18.4 Å². The fourth-order valence-electron chi connectivity index (χ4n) is 2.25. The van der Waals surface area contributed by atoms with Crippen molar-refractivity contribution in [3.63, 3.8) is 0 Å². The number of thiazole rings is 1. The summed E-state index contributed by atoms with van der Waals surface area (Å²) in [5, 5.41) is 4.18. The Morgan fingerprint density at radius 3 is 2.56 bits per heavy atom. The van der Waals surface area contributed by atoms with Crippen LogP contribution in [0.2, 0.25) is 0 Å². The lowest BCUT2D eigenvalue weighted by Crippen LogP contribution is -2.34. The summed E-state index contributed by atoms with van der Waals surface area (Å²) >= 11 is 5.60. The van der Waals surface area contributed by atoms with Crippen molar-refractivity contribution in [2.24, 2.45) is 0 Å². The number of anilines is 1. The molecular weight excluding hydrogens is 460 g/mol. The van der Waals surface area contributed by atoms with Crippen LogP contribution in [0.4, 0.5) is 13.9 Å². The molecule has 27 heavy (non-hydrogen) atoms. The molecule has 140 valence electrons. The standard InChI is InChI=1S/C17H12BrF2N3O2S2/c1-23(16(25)12-5-6-13(18)27-12)7-14(24)22-17-21-11(8-26-17)15-9(19)3-2-4-10(15)20/h2-6,8H,7H2,1H3,(H,21,22,24). The zero-order valence-corrected chi connectivity index (χ0v) is 17.1. The number of halogens is 3. The van der Waals surface area contributed by atoms with Gasteiger partial charge in [-0.2, -0.15) is 0 Å². The van der Waals surface area contributed by atoms with Crippen molar-refractivity contribution in [2.45, 2.75) is 0 Å². The molecule has 1 aromatic carbocycles. The second-order valence-electron chi connectivity index (χ2n) is 5.45. The molecule has 10 heteroatoms. The summed E-state index contributed by atoms with van der Waals surface area (Å²) in [6, 6.07) is 6.97. The van der Waals surface area contributed by atoms with E-state index in [-0.39, 0.29) is 28.8 Å². The van der Waals surface area contributed by atoms with E-state index in [2.05, 4.69) is 26.2 Å². The Balaban J connectivity index is 1.65. The Labute approximate surface area is 169 Å². The number of likely N-dealkylation sites (N-methyl/N-ethyl adjacent to an activating group) is 1. The van der Waals surface area contributed by atoms with Gasteiger partial charge in [0, 0.05) is 12.4 Å². The molecule has 0 aliphatic rings. The number of benzene rings is 1. The maximum Gasteiger partial charge on any atom is 0.264 e. The van der Waals surface area contributed by atoms with Gasteiger partial charge in [0.25, 0.3) is 5.91 Å². The molecule has 2 heterocycles. The van der Waals surface area contributed by atoms with Crippen LogP contribution in [0.15, 0.2) is 39.5 Å². The maximum absolute atomic E-state index is 13.8. The van der Waals surface area contributed by atoms with Gasteiger partial charge in [0.15, 0.2) is 5.13 Å². The highest BCUT2D eigenvalue weighted by molar-refractivity contribution is 9.11. The lowest BCUT2D eigenvalue weighted by atomic mass is 10.1. The van der Waals surface area contributed by atoms with Crippen LogP contribution in [0.5, 0.6) is 0 Å². The van der Waals surface area contributed by atoms with E-state index in [0.717, 1.165) is 27.3 Å². The molecule has 0 radical (unpaired) electrons. The predicted octanol–water partition coefficient (Wildman–Crippen LogP) is 4.62. The molecule has 1 N–H and O–H groups in total. The number of hydrogen-bond donors (Lipinski definition) is 1. The molecular formula is C17H12BrF2N3O2S2. The molecule has 0 aliphatic heterocycles. The summed E-state index contributed by atoms with van der Waals surface area (Å²) in [5.41, 5.74) is -0.149. The molecule has 5 nitrogen and oxygen atoms in total. The van der Waals surface area contributed by atoms with E-state index in [1.165, 1.54) is 34.7 Å². The zero-order chi connectivity index (χ0) is 19.6. The third-order valence-electron chi connectivity index (χ3n) is 3.48. The number of aromatic nitrogens is 1. The van der Waals surface area contributed by atoms with Gasteiger partial charge in [0.2, 0.25) is 5.91 Å². The van der Waals surface area contributed by atoms with Gasteiger partial charge in [-0.3, -0.25) is 9.59 Å². The summed E-state index contributed by atoms with van der Waals surface area (Å²) < 4.78 is 28.5. The molecule has 0 bridgehead atoms. The van der Waals surface area contributed by atoms with Crippen molar-refractivity contribution in [1.29, 1.82) is 0 Å². The maximum atomic E-state index is 13.8. The molecule has 0 fully saturated rings. The highest BCUT2D eigenvalue weighted by Gasteiger charge is 2.19. The van der Waals surface area contributed by atoms with Crippen LogP contribution in [-0.4, -0.2) is 35.3 Å². The highest BCUT2D eigenvalue weighted by atomic mass is 79.9. The fourth-order valence-corrected chi connectivity index (χ4v) is 4.35. The first-order valence-electron chi connectivity index (χ1n) is 7.55. The quantitative estimate of drug-likeness (QED) is 0.590. The van der Waals surface area contributed by atoms with E-state index in [0.29, 0.717) is 4.88 Å². The molecule has 0 aliphatic carbocycles. The second-order valence-corrected chi connectivity index (χ2v) is 8.77. The molecule has 2 aromatic heterocycles. The van der Waals surface area contributed by atoms with Gasteiger partial charge in [0.05, 0.1) is 26.5 Å². The number of nitrogens with zero attached hydrogens (tertiary/aromatic N) is 2. The first-order chi connectivity index (χ1) is 12.8. The van der Waals surface area contributed by atoms with Crippen molar-refractivity contribution in [1.82, 2.24) is 9.88 Å².